The number of hydrogen-bond acceptors (Lipinski definition) is 0. The zero-order valence-corrected chi connectivity index (χ0v) is 12.4. The fourth-order valence-electron chi connectivity index (χ4n) is 0.577. The average Bonchev–Trinajstić information content (AvgIpc) is 2.29. The molecule has 0 unspecified atom stereocenters. The maximum absolute atomic E-state index is 3.00. The van der Waals surface area contributed by atoms with E-state index in [0.29, 0.717) is 0 Å². The van der Waals surface area contributed by atoms with Gasteiger partial charge < -0.3 is 0 Å². The molecular weight excluding hydrogens is 168 g/mol. The molecule has 0 aliphatic carbocycles. The predicted octanol–water partition coefficient (Wildman–Crippen LogP) is 6.32. The third-order valence-electron chi connectivity index (χ3n) is 0.866. The monoisotopic (exact) mass is 204 g/mol. The van der Waals surface area contributed by atoms with Crippen LogP contribution in [0.3, 0.4) is 0 Å². The Morgan fingerprint density at radius 1 is 0.786 bits per heavy atom. The van der Waals surface area contributed by atoms with Crippen LogP contribution < -0.4 is 0 Å². The van der Waals surface area contributed by atoms with E-state index < -0.39 is 0 Å². The standard InChI is InChI=1S/C6H14.3C2H6.C2H4/c1-4-5-6(2)3;4*1-2/h6H,4-5H2,1-3H3;3*1-2H3;1-2H2. The van der Waals surface area contributed by atoms with Crippen molar-refractivity contribution in [3.05, 3.63) is 13.2 Å². The lowest BCUT2D eigenvalue weighted by atomic mass is 10.1. The molecule has 0 saturated heterocycles. The molecule has 0 fully saturated rings. The van der Waals surface area contributed by atoms with Crippen molar-refractivity contribution in [2.45, 2.75) is 75.2 Å². The van der Waals surface area contributed by atoms with Crippen molar-refractivity contribution in [2.75, 3.05) is 0 Å². The molecule has 0 amide bonds. The molecule has 0 heterocycles. The first-order chi connectivity index (χ1) is 6.77. The van der Waals surface area contributed by atoms with E-state index in [1.165, 1.54) is 12.8 Å². The summed E-state index contributed by atoms with van der Waals surface area (Å²) in [4.78, 5) is 0. The second-order valence-electron chi connectivity index (χ2n) is 2.18. The van der Waals surface area contributed by atoms with Gasteiger partial charge >= 0.3 is 0 Å². The molecule has 0 heteroatoms. The molecule has 0 aromatic rings. The average molecular weight is 204 g/mol. The summed E-state index contributed by atoms with van der Waals surface area (Å²) in [5, 5.41) is 0. The third kappa shape index (κ3) is 180. The van der Waals surface area contributed by atoms with Crippen LogP contribution >= 0.6 is 0 Å². The van der Waals surface area contributed by atoms with E-state index in [2.05, 4.69) is 33.9 Å². The van der Waals surface area contributed by atoms with Crippen LogP contribution in [-0.2, 0) is 0 Å². The topological polar surface area (TPSA) is 0 Å². The maximum atomic E-state index is 3.00. The Labute approximate surface area is 94.8 Å². The summed E-state index contributed by atoms with van der Waals surface area (Å²) in [7, 11) is 0. The summed E-state index contributed by atoms with van der Waals surface area (Å²) in [6.45, 7) is 24.7. The highest BCUT2D eigenvalue weighted by Gasteiger charge is 1.85. The molecule has 0 bridgehead atoms. The SMILES string of the molecule is C=C.CC.CC.CC.CCCC(C)C. The molecule has 0 rings (SSSR count). The van der Waals surface area contributed by atoms with Gasteiger partial charge in [0.2, 0.25) is 0 Å². The molecule has 0 aromatic carbocycles. The maximum Gasteiger partial charge on any atom is -0.0471 e. The van der Waals surface area contributed by atoms with Gasteiger partial charge in [0.15, 0.2) is 0 Å². The van der Waals surface area contributed by atoms with Crippen LogP contribution in [0.2, 0.25) is 0 Å². The first kappa shape index (κ1) is 29.2. The fraction of sp³-hybridized carbons (Fsp3) is 0.857. The summed E-state index contributed by atoms with van der Waals surface area (Å²) >= 11 is 0. The summed E-state index contributed by atoms with van der Waals surface area (Å²) < 4.78 is 0. The van der Waals surface area contributed by atoms with E-state index in [1.807, 2.05) is 41.5 Å². The van der Waals surface area contributed by atoms with Gasteiger partial charge in [-0.3, -0.25) is 0 Å². The van der Waals surface area contributed by atoms with Crippen LogP contribution in [0, 0.1) is 5.92 Å². The van der Waals surface area contributed by atoms with Crippen LogP contribution in [0.25, 0.3) is 0 Å². The van der Waals surface area contributed by atoms with Gasteiger partial charge in [0.05, 0.1) is 0 Å². The summed E-state index contributed by atoms with van der Waals surface area (Å²) in [5.41, 5.74) is 0. The molecule has 0 aliphatic rings. The van der Waals surface area contributed by atoms with Gasteiger partial charge in [0.25, 0.3) is 0 Å². The fourth-order valence-corrected chi connectivity index (χ4v) is 0.577. The molecule has 0 spiro atoms. The Kier molecular flexibility index (Phi) is 163. The minimum Gasteiger partial charge on any atom is -0.106 e. The lowest BCUT2D eigenvalue weighted by Gasteiger charge is -1.95. The highest BCUT2D eigenvalue weighted by atomic mass is 13.9. The van der Waals surface area contributed by atoms with Gasteiger partial charge in [-0.05, 0) is 5.92 Å². The van der Waals surface area contributed by atoms with Gasteiger partial charge in [0, 0.05) is 0 Å². The summed E-state index contributed by atoms with van der Waals surface area (Å²) in [5.74, 6) is 0.898. The van der Waals surface area contributed by atoms with Crippen molar-refractivity contribution in [3.8, 4) is 0 Å². The predicted molar refractivity (Wildman–Crippen MR) is 75.0 cm³/mol. The van der Waals surface area contributed by atoms with E-state index in [0.717, 1.165) is 5.92 Å². The molecule has 0 aromatic heterocycles. The zero-order chi connectivity index (χ0) is 13.0. The van der Waals surface area contributed by atoms with Crippen molar-refractivity contribution in [1.82, 2.24) is 0 Å². The Morgan fingerprint density at radius 2 is 1.00 bits per heavy atom. The smallest absolute Gasteiger partial charge is 0.0471 e. The van der Waals surface area contributed by atoms with Crippen LogP contribution in [0.15, 0.2) is 13.2 Å². The van der Waals surface area contributed by atoms with Crippen LogP contribution in [0.1, 0.15) is 75.2 Å². The van der Waals surface area contributed by atoms with Gasteiger partial charge in [-0.1, -0.05) is 75.2 Å². The van der Waals surface area contributed by atoms with Crippen molar-refractivity contribution in [3.63, 3.8) is 0 Å². The Bertz CT molecular complexity index is 29.0. The minimum absolute atomic E-state index is 0.898. The van der Waals surface area contributed by atoms with Crippen molar-refractivity contribution < 1.29 is 0 Å². The largest absolute Gasteiger partial charge is 0.106 e. The molecule has 0 nitrogen and oxygen atoms in total. The molecule has 14 heavy (non-hydrogen) atoms. The molecule has 0 radical (unpaired) electrons. The van der Waals surface area contributed by atoms with Gasteiger partial charge in [-0.25, -0.2) is 0 Å². The van der Waals surface area contributed by atoms with Crippen LogP contribution in [-0.4, -0.2) is 0 Å². The van der Waals surface area contributed by atoms with E-state index >= 15 is 0 Å². The summed E-state index contributed by atoms with van der Waals surface area (Å²) in [6.07, 6.45) is 2.71. The van der Waals surface area contributed by atoms with E-state index in [-0.39, 0.29) is 0 Å². The molecule has 0 aliphatic heterocycles. The van der Waals surface area contributed by atoms with Crippen LogP contribution in [0.5, 0.6) is 0 Å². The van der Waals surface area contributed by atoms with Gasteiger partial charge in [0.1, 0.15) is 0 Å². The quantitative estimate of drug-likeness (QED) is 0.461. The second kappa shape index (κ2) is 78.2. The summed E-state index contributed by atoms with van der Waals surface area (Å²) in [6, 6.07) is 0. The minimum atomic E-state index is 0.898. The van der Waals surface area contributed by atoms with Crippen molar-refractivity contribution in [2.24, 2.45) is 5.92 Å². The lowest BCUT2D eigenvalue weighted by Crippen LogP contribution is -1.81. The highest BCUT2D eigenvalue weighted by Crippen LogP contribution is 2.00. The van der Waals surface area contributed by atoms with Crippen molar-refractivity contribution in [1.29, 1.82) is 0 Å². The second-order valence-corrected chi connectivity index (χ2v) is 2.18. The molecular formula is C14H36. The number of hydrogen-bond donors (Lipinski definition) is 0. The lowest BCUT2D eigenvalue weighted by molar-refractivity contribution is 0.576. The molecule has 0 saturated carbocycles. The van der Waals surface area contributed by atoms with Crippen molar-refractivity contribution >= 4 is 0 Å². The molecule has 0 atom stereocenters. The Morgan fingerprint density at radius 3 is 1.00 bits per heavy atom. The Hall–Kier alpha value is -0.260. The van der Waals surface area contributed by atoms with E-state index in [4.69, 9.17) is 0 Å². The van der Waals surface area contributed by atoms with E-state index in [1.54, 1.807) is 0 Å². The number of rotatable bonds is 2. The normalized spacial score (nSPS) is 5.86. The zero-order valence-electron chi connectivity index (χ0n) is 12.4. The first-order valence-corrected chi connectivity index (χ1v) is 6.27. The third-order valence-corrected chi connectivity index (χ3v) is 0.866. The highest BCUT2D eigenvalue weighted by molar-refractivity contribution is 4.38. The van der Waals surface area contributed by atoms with Gasteiger partial charge in [-0.2, -0.15) is 0 Å². The Balaban J connectivity index is -0.0000000287. The van der Waals surface area contributed by atoms with E-state index in [9.17, 15) is 0 Å². The molecule has 92 valence electrons. The van der Waals surface area contributed by atoms with Crippen LogP contribution in [0.4, 0.5) is 0 Å². The first-order valence-electron chi connectivity index (χ1n) is 6.27. The van der Waals surface area contributed by atoms with Gasteiger partial charge in [-0.15, -0.1) is 13.2 Å². The molecule has 0 N–H and O–H groups in total.